The molecule has 0 heterocycles. The molecule has 114 valence electrons. The maximum Gasteiger partial charge on any atom is 0.236 e. The standard InChI is InChI=1S/C16H34N2O/c1-6-7-8-12-17-16(19)15(5)18-14(4)11-9-10-13(2)3/h13-15,18H,6-12H2,1-5H3,(H,17,19). The highest BCUT2D eigenvalue weighted by Crippen LogP contribution is 2.08. The molecule has 0 rings (SSSR count). The maximum atomic E-state index is 11.9. The number of hydrogen-bond acceptors (Lipinski definition) is 2. The Morgan fingerprint density at radius 3 is 2.26 bits per heavy atom. The van der Waals surface area contributed by atoms with Gasteiger partial charge in [-0.25, -0.2) is 0 Å². The summed E-state index contributed by atoms with van der Waals surface area (Å²) in [4.78, 5) is 11.9. The molecule has 19 heavy (non-hydrogen) atoms. The zero-order valence-corrected chi connectivity index (χ0v) is 13.6. The van der Waals surface area contributed by atoms with Crippen molar-refractivity contribution in [3.8, 4) is 0 Å². The number of amides is 1. The fraction of sp³-hybridized carbons (Fsp3) is 0.938. The van der Waals surface area contributed by atoms with Crippen LogP contribution in [-0.4, -0.2) is 24.5 Å². The lowest BCUT2D eigenvalue weighted by molar-refractivity contribution is -0.122. The number of carbonyl (C=O) groups excluding carboxylic acids is 1. The zero-order valence-electron chi connectivity index (χ0n) is 13.6. The molecule has 0 saturated heterocycles. The van der Waals surface area contributed by atoms with E-state index in [9.17, 15) is 4.79 Å². The van der Waals surface area contributed by atoms with Crippen LogP contribution in [0.1, 0.15) is 73.1 Å². The lowest BCUT2D eigenvalue weighted by atomic mass is 10.0. The van der Waals surface area contributed by atoms with Gasteiger partial charge in [0.2, 0.25) is 5.91 Å². The second-order valence-electron chi connectivity index (χ2n) is 6.11. The van der Waals surface area contributed by atoms with E-state index < -0.39 is 0 Å². The third kappa shape index (κ3) is 11.0. The molecule has 2 atom stereocenters. The Hall–Kier alpha value is -0.570. The number of carbonyl (C=O) groups is 1. The van der Waals surface area contributed by atoms with E-state index in [-0.39, 0.29) is 11.9 Å². The Kier molecular flexibility index (Phi) is 10.9. The van der Waals surface area contributed by atoms with Crippen LogP contribution in [0, 0.1) is 5.92 Å². The predicted octanol–water partition coefficient (Wildman–Crippen LogP) is 3.49. The summed E-state index contributed by atoms with van der Waals surface area (Å²) < 4.78 is 0. The smallest absolute Gasteiger partial charge is 0.236 e. The zero-order chi connectivity index (χ0) is 14.7. The van der Waals surface area contributed by atoms with Crippen molar-refractivity contribution in [1.82, 2.24) is 10.6 Å². The average molecular weight is 270 g/mol. The summed E-state index contributed by atoms with van der Waals surface area (Å²) >= 11 is 0. The van der Waals surface area contributed by atoms with E-state index >= 15 is 0 Å². The number of hydrogen-bond donors (Lipinski definition) is 2. The van der Waals surface area contributed by atoms with Crippen LogP contribution < -0.4 is 10.6 Å². The summed E-state index contributed by atoms with van der Waals surface area (Å²) in [5, 5.41) is 6.38. The topological polar surface area (TPSA) is 41.1 Å². The molecule has 0 aliphatic carbocycles. The Balaban J connectivity index is 3.69. The van der Waals surface area contributed by atoms with Crippen molar-refractivity contribution in [2.24, 2.45) is 5.92 Å². The molecule has 0 aromatic rings. The van der Waals surface area contributed by atoms with Crippen LogP contribution in [0.5, 0.6) is 0 Å². The van der Waals surface area contributed by atoms with E-state index in [4.69, 9.17) is 0 Å². The van der Waals surface area contributed by atoms with Crippen molar-refractivity contribution >= 4 is 5.91 Å². The lowest BCUT2D eigenvalue weighted by Gasteiger charge is -2.20. The Labute approximate surface area is 119 Å². The van der Waals surface area contributed by atoms with E-state index in [1.165, 1.54) is 25.7 Å². The van der Waals surface area contributed by atoms with Crippen LogP contribution in [0.3, 0.4) is 0 Å². The monoisotopic (exact) mass is 270 g/mol. The molecule has 3 nitrogen and oxygen atoms in total. The van der Waals surface area contributed by atoms with Crippen molar-refractivity contribution in [2.45, 2.75) is 85.2 Å². The van der Waals surface area contributed by atoms with Gasteiger partial charge in [0.15, 0.2) is 0 Å². The summed E-state index contributed by atoms with van der Waals surface area (Å²) in [6, 6.07) is 0.325. The second-order valence-corrected chi connectivity index (χ2v) is 6.11. The summed E-state index contributed by atoms with van der Waals surface area (Å²) in [5.74, 6) is 0.901. The highest BCUT2D eigenvalue weighted by Gasteiger charge is 2.14. The van der Waals surface area contributed by atoms with Crippen molar-refractivity contribution in [2.75, 3.05) is 6.54 Å². The molecule has 0 saturated carbocycles. The van der Waals surface area contributed by atoms with Gasteiger partial charge >= 0.3 is 0 Å². The fourth-order valence-corrected chi connectivity index (χ4v) is 2.16. The normalized spacial score (nSPS) is 14.4. The van der Waals surface area contributed by atoms with Crippen molar-refractivity contribution in [3.05, 3.63) is 0 Å². The average Bonchev–Trinajstić information content (AvgIpc) is 2.33. The minimum Gasteiger partial charge on any atom is -0.355 e. The first kappa shape index (κ1) is 18.4. The molecule has 0 spiro atoms. The van der Waals surface area contributed by atoms with Gasteiger partial charge in [0.1, 0.15) is 0 Å². The van der Waals surface area contributed by atoms with Gasteiger partial charge in [0.05, 0.1) is 6.04 Å². The van der Waals surface area contributed by atoms with E-state index in [0.29, 0.717) is 6.04 Å². The van der Waals surface area contributed by atoms with E-state index in [1.54, 1.807) is 0 Å². The minimum absolute atomic E-state index is 0.0873. The van der Waals surface area contributed by atoms with Gasteiger partial charge in [-0.15, -0.1) is 0 Å². The van der Waals surface area contributed by atoms with Gasteiger partial charge in [-0.1, -0.05) is 46.5 Å². The first-order valence-electron chi connectivity index (χ1n) is 8.01. The molecule has 1 amide bonds. The van der Waals surface area contributed by atoms with E-state index in [0.717, 1.165) is 25.3 Å². The van der Waals surface area contributed by atoms with Crippen molar-refractivity contribution in [3.63, 3.8) is 0 Å². The maximum absolute atomic E-state index is 11.9. The largest absolute Gasteiger partial charge is 0.355 e. The summed E-state index contributed by atoms with van der Waals surface area (Å²) in [6.07, 6.45) is 7.11. The van der Waals surface area contributed by atoms with E-state index in [1.807, 2.05) is 6.92 Å². The predicted molar refractivity (Wildman–Crippen MR) is 83.3 cm³/mol. The SMILES string of the molecule is CCCCCNC(=O)C(C)NC(C)CCCC(C)C. The summed E-state index contributed by atoms with van der Waals surface area (Å²) in [6.45, 7) is 11.6. The number of unbranched alkanes of at least 4 members (excludes halogenated alkanes) is 2. The van der Waals surface area contributed by atoms with Crippen LogP contribution in [0.25, 0.3) is 0 Å². The molecule has 0 aromatic carbocycles. The van der Waals surface area contributed by atoms with Gasteiger partial charge in [-0.2, -0.15) is 0 Å². The van der Waals surface area contributed by atoms with Gasteiger partial charge in [0.25, 0.3) is 0 Å². The molecule has 0 bridgehead atoms. The molecular weight excluding hydrogens is 236 g/mol. The number of nitrogens with one attached hydrogen (secondary N) is 2. The third-order valence-corrected chi connectivity index (χ3v) is 3.43. The van der Waals surface area contributed by atoms with Crippen LogP contribution in [-0.2, 0) is 4.79 Å². The molecule has 0 aromatic heterocycles. The van der Waals surface area contributed by atoms with Crippen molar-refractivity contribution < 1.29 is 4.79 Å². The Bertz CT molecular complexity index is 229. The van der Waals surface area contributed by atoms with Crippen LogP contribution in [0.4, 0.5) is 0 Å². The van der Waals surface area contributed by atoms with Crippen LogP contribution in [0.2, 0.25) is 0 Å². The van der Waals surface area contributed by atoms with Gasteiger partial charge < -0.3 is 10.6 Å². The first-order chi connectivity index (χ1) is 8.97. The second kappa shape index (κ2) is 11.3. The fourth-order valence-electron chi connectivity index (χ4n) is 2.16. The summed E-state index contributed by atoms with van der Waals surface area (Å²) in [7, 11) is 0. The highest BCUT2D eigenvalue weighted by molar-refractivity contribution is 5.81. The Morgan fingerprint density at radius 2 is 1.68 bits per heavy atom. The van der Waals surface area contributed by atoms with Gasteiger partial charge in [0, 0.05) is 12.6 Å². The lowest BCUT2D eigenvalue weighted by Crippen LogP contribution is -2.45. The first-order valence-corrected chi connectivity index (χ1v) is 8.01. The molecular formula is C16H34N2O. The Morgan fingerprint density at radius 1 is 1.00 bits per heavy atom. The molecule has 2 N–H and O–H groups in total. The minimum atomic E-state index is -0.0873. The number of rotatable bonds is 11. The molecule has 2 unspecified atom stereocenters. The molecule has 0 aliphatic heterocycles. The van der Waals surface area contributed by atoms with Crippen molar-refractivity contribution in [1.29, 1.82) is 0 Å². The molecule has 3 heteroatoms. The van der Waals surface area contributed by atoms with Gasteiger partial charge in [-0.05, 0) is 32.6 Å². The summed E-state index contributed by atoms with van der Waals surface area (Å²) in [5.41, 5.74) is 0. The van der Waals surface area contributed by atoms with Crippen LogP contribution in [0.15, 0.2) is 0 Å². The molecule has 0 fully saturated rings. The highest BCUT2D eigenvalue weighted by atomic mass is 16.2. The molecule has 0 radical (unpaired) electrons. The van der Waals surface area contributed by atoms with Gasteiger partial charge in [-0.3, -0.25) is 4.79 Å². The van der Waals surface area contributed by atoms with E-state index in [2.05, 4.69) is 38.3 Å². The third-order valence-electron chi connectivity index (χ3n) is 3.43. The molecule has 0 aliphatic rings. The van der Waals surface area contributed by atoms with Crippen LogP contribution >= 0.6 is 0 Å². The quantitative estimate of drug-likeness (QED) is 0.564.